The molecular formula is C20H24IN3. The Morgan fingerprint density at radius 2 is 1.62 bits per heavy atom. The Labute approximate surface area is 161 Å². The van der Waals surface area contributed by atoms with Crippen LogP contribution in [0.15, 0.2) is 59.6 Å². The zero-order valence-electron chi connectivity index (χ0n) is 13.9. The lowest BCUT2D eigenvalue weighted by Gasteiger charge is -2.30. The van der Waals surface area contributed by atoms with Crippen molar-refractivity contribution in [3.05, 3.63) is 71.3 Å². The molecule has 0 spiro atoms. The van der Waals surface area contributed by atoms with Crippen LogP contribution in [0.1, 0.15) is 23.1 Å². The first-order chi connectivity index (χ1) is 11.4. The second kappa shape index (κ2) is 8.01. The molecule has 2 aromatic carbocycles. The van der Waals surface area contributed by atoms with Crippen molar-refractivity contribution in [2.75, 3.05) is 19.6 Å². The molecule has 0 saturated carbocycles. The number of aliphatic imine (C=N–C) groups is 1. The summed E-state index contributed by atoms with van der Waals surface area (Å²) in [6.45, 7) is 4.99. The Morgan fingerprint density at radius 1 is 0.875 bits per heavy atom. The van der Waals surface area contributed by atoms with E-state index in [-0.39, 0.29) is 24.0 Å². The van der Waals surface area contributed by atoms with Crippen molar-refractivity contribution in [2.45, 2.75) is 25.9 Å². The average Bonchev–Trinajstić information content (AvgIpc) is 2.93. The molecule has 2 heterocycles. The van der Waals surface area contributed by atoms with Crippen molar-refractivity contribution in [3.63, 3.8) is 0 Å². The van der Waals surface area contributed by atoms with Crippen LogP contribution in [-0.4, -0.2) is 35.4 Å². The highest BCUT2D eigenvalue weighted by molar-refractivity contribution is 14.0. The number of rotatable bonds is 2. The van der Waals surface area contributed by atoms with Crippen LogP contribution in [0.2, 0.25) is 0 Å². The minimum atomic E-state index is 0. The first kappa shape index (κ1) is 17.3. The van der Waals surface area contributed by atoms with Gasteiger partial charge in [-0.25, -0.2) is 0 Å². The van der Waals surface area contributed by atoms with E-state index in [9.17, 15) is 0 Å². The van der Waals surface area contributed by atoms with E-state index in [4.69, 9.17) is 4.99 Å². The molecule has 0 radical (unpaired) electrons. The number of benzene rings is 2. The number of guanidine groups is 1. The van der Waals surface area contributed by atoms with E-state index in [1.54, 1.807) is 0 Å². The highest BCUT2D eigenvalue weighted by atomic mass is 127. The van der Waals surface area contributed by atoms with E-state index in [1.807, 2.05) is 0 Å². The Morgan fingerprint density at radius 3 is 2.46 bits per heavy atom. The Kier molecular flexibility index (Phi) is 5.76. The second-order valence-electron chi connectivity index (χ2n) is 6.38. The van der Waals surface area contributed by atoms with Gasteiger partial charge in [0.1, 0.15) is 0 Å². The average molecular weight is 433 g/mol. The first-order valence-corrected chi connectivity index (χ1v) is 8.55. The van der Waals surface area contributed by atoms with Gasteiger partial charge in [0.15, 0.2) is 5.96 Å². The van der Waals surface area contributed by atoms with Gasteiger partial charge in [0.25, 0.3) is 0 Å². The van der Waals surface area contributed by atoms with Crippen molar-refractivity contribution < 1.29 is 0 Å². The number of nitrogens with zero attached hydrogens (tertiary/aromatic N) is 3. The largest absolute Gasteiger partial charge is 0.338 e. The molecule has 0 fully saturated rings. The molecule has 2 aliphatic rings. The summed E-state index contributed by atoms with van der Waals surface area (Å²) in [5.74, 6) is 1.19. The van der Waals surface area contributed by atoms with Gasteiger partial charge in [-0.2, -0.15) is 0 Å². The van der Waals surface area contributed by atoms with Crippen LogP contribution in [-0.2, 0) is 19.5 Å². The van der Waals surface area contributed by atoms with Crippen molar-refractivity contribution in [3.8, 4) is 0 Å². The molecule has 0 saturated heterocycles. The van der Waals surface area contributed by atoms with Crippen LogP contribution in [0.3, 0.4) is 0 Å². The van der Waals surface area contributed by atoms with Gasteiger partial charge in [0.05, 0.1) is 6.54 Å². The third-order valence-electron chi connectivity index (χ3n) is 4.76. The number of fused-ring (bicyclic) bond motifs is 1. The third-order valence-corrected chi connectivity index (χ3v) is 4.76. The third kappa shape index (κ3) is 3.74. The van der Waals surface area contributed by atoms with Crippen molar-refractivity contribution >= 4 is 29.9 Å². The molecule has 4 heteroatoms. The van der Waals surface area contributed by atoms with Crippen molar-refractivity contribution in [1.82, 2.24) is 9.80 Å². The van der Waals surface area contributed by atoms with Gasteiger partial charge in [-0.05, 0) is 29.5 Å². The summed E-state index contributed by atoms with van der Waals surface area (Å²) in [7, 11) is 0. The quantitative estimate of drug-likeness (QED) is 0.669. The van der Waals surface area contributed by atoms with Gasteiger partial charge in [0.2, 0.25) is 0 Å². The lowest BCUT2D eigenvalue weighted by molar-refractivity contribution is 0.332. The Balaban J connectivity index is 0.00000169. The molecule has 3 nitrogen and oxygen atoms in total. The molecule has 0 atom stereocenters. The van der Waals surface area contributed by atoms with Gasteiger partial charge in [-0.1, -0.05) is 54.6 Å². The number of halogens is 1. The van der Waals surface area contributed by atoms with E-state index in [0.717, 1.165) is 32.7 Å². The first-order valence-electron chi connectivity index (χ1n) is 8.55. The topological polar surface area (TPSA) is 18.8 Å². The summed E-state index contributed by atoms with van der Waals surface area (Å²) in [6, 6.07) is 19.6. The SMILES string of the molecule is I.c1ccc(CN2CCN=C2N2CCCc3ccccc3C2)cc1. The molecule has 0 unspecified atom stereocenters. The minimum absolute atomic E-state index is 0. The molecule has 0 aliphatic carbocycles. The normalized spacial score (nSPS) is 16.9. The summed E-state index contributed by atoms with van der Waals surface area (Å²) in [4.78, 5) is 9.73. The maximum Gasteiger partial charge on any atom is 0.197 e. The van der Waals surface area contributed by atoms with Crippen LogP contribution in [0.25, 0.3) is 0 Å². The van der Waals surface area contributed by atoms with E-state index in [0.29, 0.717) is 0 Å². The number of hydrogen-bond acceptors (Lipinski definition) is 3. The van der Waals surface area contributed by atoms with Gasteiger partial charge < -0.3 is 9.80 Å². The molecule has 4 rings (SSSR count). The van der Waals surface area contributed by atoms with Gasteiger partial charge in [0, 0.05) is 26.2 Å². The molecule has 0 bridgehead atoms. The van der Waals surface area contributed by atoms with E-state index in [2.05, 4.69) is 64.4 Å². The Bertz CT molecular complexity index is 699. The van der Waals surface area contributed by atoms with Gasteiger partial charge in [-0.3, -0.25) is 4.99 Å². The summed E-state index contributed by atoms with van der Waals surface area (Å²) >= 11 is 0. The zero-order valence-corrected chi connectivity index (χ0v) is 16.2. The standard InChI is InChI=1S/C20H23N3.HI/c1-2-7-17(8-3-1)15-23-14-12-21-20(23)22-13-6-11-18-9-4-5-10-19(18)16-22;/h1-5,7-10H,6,11-16H2;1H. The van der Waals surface area contributed by atoms with Crippen LogP contribution >= 0.6 is 24.0 Å². The van der Waals surface area contributed by atoms with E-state index >= 15 is 0 Å². The van der Waals surface area contributed by atoms with Crippen LogP contribution in [0.4, 0.5) is 0 Å². The summed E-state index contributed by atoms with van der Waals surface area (Å²) < 4.78 is 0. The molecule has 126 valence electrons. The zero-order chi connectivity index (χ0) is 15.5. The molecule has 2 aromatic rings. The monoisotopic (exact) mass is 433 g/mol. The fourth-order valence-electron chi connectivity index (χ4n) is 3.60. The highest BCUT2D eigenvalue weighted by Gasteiger charge is 2.25. The number of aryl methyl sites for hydroxylation is 1. The summed E-state index contributed by atoms with van der Waals surface area (Å²) in [5, 5.41) is 0. The van der Waals surface area contributed by atoms with E-state index in [1.165, 1.54) is 35.5 Å². The molecule has 0 aromatic heterocycles. The molecular weight excluding hydrogens is 409 g/mol. The maximum absolute atomic E-state index is 4.82. The predicted molar refractivity (Wildman–Crippen MR) is 110 cm³/mol. The molecule has 0 amide bonds. The fourth-order valence-corrected chi connectivity index (χ4v) is 3.60. The second-order valence-corrected chi connectivity index (χ2v) is 6.38. The minimum Gasteiger partial charge on any atom is -0.338 e. The number of hydrogen-bond donors (Lipinski definition) is 0. The highest BCUT2D eigenvalue weighted by Crippen LogP contribution is 2.21. The molecule has 24 heavy (non-hydrogen) atoms. The summed E-state index contributed by atoms with van der Waals surface area (Å²) in [5.41, 5.74) is 4.32. The Hall–Kier alpha value is -1.56. The predicted octanol–water partition coefficient (Wildman–Crippen LogP) is 3.92. The van der Waals surface area contributed by atoms with Crippen LogP contribution in [0.5, 0.6) is 0 Å². The van der Waals surface area contributed by atoms with Gasteiger partial charge in [-0.15, -0.1) is 24.0 Å². The molecule has 0 N–H and O–H groups in total. The van der Waals surface area contributed by atoms with E-state index < -0.39 is 0 Å². The van der Waals surface area contributed by atoms with Crippen LogP contribution < -0.4 is 0 Å². The molecule has 2 aliphatic heterocycles. The summed E-state index contributed by atoms with van der Waals surface area (Å²) in [6.07, 6.45) is 2.38. The van der Waals surface area contributed by atoms with Crippen molar-refractivity contribution in [2.24, 2.45) is 4.99 Å². The van der Waals surface area contributed by atoms with Gasteiger partial charge >= 0.3 is 0 Å². The lowest BCUT2D eigenvalue weighted by atomic mass is 10.0. The maximum atomic E-state index is 4.82. The smallest absolute Gasteiger partial charge is 0.197 e. The van der Waals surface area contributed by atoms with Crippen molar-refractivity contribution in [1.29, 1.82) is 0 Å². The lowest BCUT2D eigenvalue weighted by Crippen LogP contribution is -2.41. The fraction of sp³-hybridized carbons (Fsp3) is 0.350. The van der Waals surface area contributed by atoms with Crippen LogP contribution in [0, 0.1) is 0 Å².